The van der Waals surface area contributed by atoms with Crippen LogP contribution in [0.25, 0.3) is 0 Å². The number of aromatic nitrogens is 2. The first kappa shape index (κ1) is 18.1. The van der Waals surface area contributed by atoms with E-state index in [-0.39, 0.29) is 5.91 Å². The summed E-state index contributed by atoms with van der Waals surface area (Å²) in [5.74, 6) is -0.191. The molecular weight excluding hydrogens is 322 g/mol. The molecule has 6 nitrogen and oxygen atoms in total. The van der Waals surface area contributed by atoms with Crippen molar-refractivity contribution in [3.8, 4) is 0 Å². The predicted octanol–water partition coefficient (Wildman–Crippen LogP) is 2.70. The molecule has 0 radical (unpaired) electrons. The Hall–Kier alpha value is -2.25. The topological polar surface area (TPSA) is 70.2 Å². The number of nitrogens with one attached hydrogen (secondary N) is 2. The number of aryl methyl sites for hydroxylation is 1. The van der Waals surface area contributed by atoms with E-state index < -0.39 is 0 Å². The summed E-state index contributed by atoms with van der Waals surface area (Å²) in [5, 5.41) is 8.89. The van der Waals surface area contributed by atoms with Crippen molar-refractivity contribution in [1.29, 1.82) is 0 Å². The first-order chi connectivity index (χ1) is 11.7. The van der Waals surface area contributed by atoms with Crippen molar-refractivity contribution in [3.63, 3.8) is 0 Å². The maximum atomic E-state index is 12.2. The van der Waals surface area contributed by atoms with Crippen LogP contribution >= 0.6 is 11.3 Å². The number of anilines is 2. The minimum Gasteiger partial charge on any atom is -0.367 e. The lowest BCUT2D eigenvalue weighted by atomic mass is 10.2. The Bertz CT molecular complexity index is 679. The second-order valence-electron chi connectivity index (χ2n) is 5.24. The van der Waals surface area contributed by atoms with E-state index in [0.717, 1.165) is 42.6 Å². The van der Waals surface area contributed by atoms with Crippen LogP contribution in [0.3, 0.4) is 0 Å². The normalized spacial score (nSPS) is 13.7. The van der Waals surface area contributed by atoms with Gasteiger partial charge in [0.2, 0.25) is 0 Å². The molecule has 0 unspecified atom stereocenters. The average Bonchev–Trinajstić information content (AvgIpc) is 3.03. The zero-order valence-electron chi connectivity index (χ0n) is 14.1. The standard InChI is InChI=1S/C14H17N5OS.C3H6/c1-10-17-12(9-21-10)14(20)18-11-8-16-3-2-13(11)19-6-4-15-5-7-19;1-3-2/h2-3,8-9,15H,4-7H2,1H3,(H,18,20);3H,1H2,2H3. The van der Waals surface area contributed by atoms with Crippen LogP contribution in [0.1, 0.15) is 22.4 Å². The van der Waals surface area contributed by atoms with Crippen LogP contribution in [0.5, 0.6) is 0 Å². The summed E-state index contributed by atoms with van der Waals surface area (Å²) in [4.78, 5) is 22.8. The van der Waals surface area contributed by atoms with Crippen LogP contribution in [-0.2, 0) is 0 Å². The number of hydrogen-bond acceptors (Lipinski definition) is 6. The number of thiazole rings is 1. The van der Waals surface area contributed by atoms with Crippen LogP contribution in [0.15, 0.2) is 36.5 Å². The largest absolute Gasteiger partial charge is 0.367 e. The van der Waals surface area contributed by atoms with Crippen LogP contribution < -0.4 is 15.5 Å². The van der Waals surface area contributed by atoms with Gasteiger partial charge in [-0.25, -0.2) is 4.98 Å². The Kier molecular flexibility index (Phi) is 6.89. The van der Waals surface area contributed by atoms with Crippen molar-refractivity contribution >= 4 is 28.6 Å². The lowest BCUT2D eigenvalue weighted by molar-refractivity contribution is 0.102. The zero-order valence-corrected chi connectivity index (χ0v) is 14.9. The molecule has 0 bridgehead atoms. The fourth-order valence-corrected chi connectivity index (χ4v) is 2.91. The van der Waals surface area contributed by atoms with Gasteiger partial charge in [-0.15, -0.1) is 17.9 Å². The Labute approximate surface area is 146 Å². The quantitative estimate of drug-likeness (QED) is 0.837. The van der Waals surface area contributed by atoms with E-state index in [4.69, 9.17) is 0 Å². The third-order valence-electron chi connectivity index (χ3n) is 3.36. The van der Waals surface area contributed by atoms with E-state index in [1.165, 1.54) is 11.3 Å². The second kappa shape index (κ2) is 9.14. The van der Waals surface area contributed by atoms with Gasteiger partial charge in [0.15, 0.2) is 0 Å². The van der Waals surface area contributed by atoms with Gasteiger partial charge in [0.05, 0.1) is 22.6 Å². The smallest absolute Gasteiger partial charge is 0.275 e. The van der Waals surface area contributed by atoms with E-state index in [1.807, 2.05) is 19.9 Å². The number of amides is 1. The Morgan fingerprint density at radius 2 is 2.17 bits per heavy atom. The average molecular weight is 345 g/mol. The molecule has 0 saturated carbocycles. The number of allylic oxidation sites excluding steroid dienone is 1. The molecule has 2 N–H and O–H groups in total. The molecule has 2 aromatic heterocycles. The number of pyridine rings is 1. The van der Waals surface area contributed by atoms with Crippen LogP contribution in [-0.4, -0.2) is 42.1 Å². The Morgan fingerprint density at radius 1 is 1.46 bits per heavy atom. The monoisotopic (exact) mass is 345 g/mol. The molecule has 1 fully saturated rings. The van der Waals surface area contributed by atoms with Crippen molar-refractivity contribution in [1.82, 2.24) is 15.3 Å². The molecule has 128 valence electrons. The van der Waals surface area contributed by atoms with Crippen molar-refractivity contribution in [2.24, 2.45) is 0 Å². The molecule has 24 heavy (non-hydrogen) atoms. The number of carbonyl (C=O) groups excluding carboxylic acids is 1. The highest BCUT2D eigenvalue weighted by Crippen LogP contribution is 2.25. The zero-order chi connectivity index (χ0) is 17.4. The third kappa shape index (κ3) is 4.87. The third-order valence-corrected chi connectivity index (χ3v) is 4.13. The molecule has 0 spiro atoms. The molecule has 1 aliphatic rings. The molecule has 3 rings (SSSR count). The van der Waals surface area contributed by atoms with Gasteiger partial charge in [0, 0.05) is 37.8 Å². The molecule has 0 atom stereocenters. The number of hydrogen-bond donors (Lipinski definition) is 2. The van der Waals surface area contributed by atoms with Crippen molar-refractivity contribution in [2.75, 3.05) is 36.4 Å². The van der Waals surface area contributed by atoms with Crippen molar-refractivity contribution in [3.05, 3.63) is 47.2 Å². The summed E-state index contributed by atoms with van der Waals surface area (Å²) >= 11 is 1.47. The molecular formula is C17H23N5OS. The van der Waals surface area contributed by atoms with Gasteiger partial charge in [-0.2, -0.15) is 0 Å². The summed E-state index contributed by atoms with van der Waals surface area (Å²) in [5.41, 5.74) is 2.19. The molecule has 7 heteroatoms. The summed E-state index contributed by atoms with van der Waals surface area (Å²) < 4.78 is 0. The molecule has 2 aromatic rings. The molecule has 1 aliphatic heterocycles. The molecule has 1 amide bonds. The Morgan fingerprint density at radius 3 is 2.79 bits per heavy atom. The molecule has 3 heterocycles. The summed E-state index contributed by atoms with van der Waals surface area (Å²) in [6.45, 7) is 10.9. The lowest BCUT2D eigenvalue weighted by Gasteiger charge is -2.30. The van der Waals surface area contributed by atoms with Crippen LogP contribution in [0.4, 0.5) is 11.4 Å². The fraction of sp³-hybridized carbons (Fsp3) is 0.353. The van der Waals surface area contributed by atoms with E-state index in [2.05, 4.69) is 32.1 Å². The van der Waals surface area contributed by atoms with E-state index >= 15 is 0 Å². The van der Waals surface area contributed by atoms with E-state index in [9.17, 15) is 4.79 Å². The number of piperazine rings is 1. The molecule has 0 aliphatic carbocycles. The highest BCUT2D eigenvalue weighted by atomic mass is 32.1. The predicted molar refractivity (Wildman–Crippen MR) is 100.0 cm³/mol. The molecule has 1 saturated heterocycles. The van der Waals surface area contributed by atoms with Gasteiger partial charge in [0.1, 0.15) is 5.69 Å². The maximum absolute atomic E-state index is 12.2. The molecule has 0 aromatic carbocycles. The van der Waals surface area contributed by atoms with Gasteiger partial charge in [-0.1, -0.05) is 6.08 Å². The first-order valence-corrected chi connectivity index (χ1v) is 8.74. The van der Waals surface area contributed by atoms with E-state index in [1.54, 1.807) is 23.8 Å². The van der Waals surface area contributed by atoms with Crippen molar-refractivity contribution in [2.45, 2.75) is 13.8 Å². The van der Waals surface area contributed by atoms with Gasteiger partial charge in [-0.3, -0.25) is 9.78 Å². The van der Waals surface area contributed by atoms with Crippen molar-refractivity contribution < 1.29 is 4.79 Å². The maximum Gasteiger partial charge on any atom is 0.275 e. The number of carbonyl (C=O) groups is 1. The van der Waals surface area contributed by atoms with Gasteiger partial charge >= 0.3 is 0 Å². The second-order valence-corrected chi connectivity index (χ2v) is 6.31. The van der Waals surface area contributed by atoms with Gasteiger partial charge < -0.3 is 15.5 Å². The summed E-state index contributed by atoms with van der Waals surface area (Å²) in [6, 6.07) is 1.94. The number of nitrogens with zero attached hydrogens (tertiary/aromatic N) is 3. The SMILES string of the molecule is C=CC.Cc1nc(C(=O)Nc2cnccc2N2CCNCC2)cs1. The minimum atomic E-state index is -0.191. The van der Waals surface area contributed by atoms with Gasteiger partial charge in [0.25, 0.3) is 5.91 Å². The van der Waals surface area contributed by atoms with Crippen LogP contribution in [0.2, 0.25) is 0 Å². The first-order valence-electron chi connectivity index (χ1n) is 7.86. The lowest BCUT2D eigenvalue weighted by Crippen LogP contribution is -2.43. The Balaban J connectivity index is 0.000000647. The van der Waals surface area contributed by atoms with E-state index in [0.29, 0.717) is 5.69 Å². The van der Waals surface area contributed by atoms with Crippen LogP contribution in [0, 0.1) is 6.92 Å². The summed E-state index contributed by atoms with van der Waals surface area (Å²) in [6.07, 6.45) is 5.19. The minimum absolute atomic E-state index is 0.191. The highest BCUT2D eigenvalue weighted by molar-refractivity contribution is 7.09. The summed E-state index contributed by atoms with van der Waals surface area (Å²) in [7, 11) is 0. The van der Waals surface area contributed by atoms with Gasteiger partial charge in [-0.05, 0) is 19.9 Å². The fourth-order valence-electron chi connectivity index (χ4n) is 2.32. The number of rotatable bonds is 3. The highest BCUT2D eigenvalue weighted by Gasteiger charge is 2.17.